The molecule has 0 aromatic heterocycles. The molecule has 45 nitrogen and oxygen atoms in total. The Balaban J connectivity index is 0.00000113. The van der Waals surface area contributed by atoms with Gasteiger partial charge in [0.05, 0.1) is 37.6 Å². The van der Waals surface area contributed by atoms with Crippen LogP contribution in [0, 0.1) is 35.5 Å². The number of fused-ring (bicyclic) bond motifs is 3. The summed E-state index contributed by atoms with van der Waals surface area (Å²) in [6, 6.07) is -0.934. The fourth-order valence-corrected chi connectivity index (χ4v) is 17.2. The summed E-state index contributed by atoms with van der Waals surface area (Å²) in [6.45, 7) is 25.5. The number of aliphatic hydroxyl groups excluding tert-OH is 3. The Morgan fingerprint density at radius 2 is 1.08 bits per heavy atom. The third-order valence-electron chi connectivity index (χ3n) is 26.2. The number of methoxy groups -OCH3 is 3. The first kappa shape index (κ1) is 139. The maximum absolute atomic E-state index is 14.5. The molecule has 150 heavy (non-hydrogen) atoms. The molecule has 3 aliphatic heterocycles. The minimum atomic E-state index is -2.43. The van der Waals surface area contributed by atoms with Crippen LogP contribution in [0.15, 0.2) is 62.6 Å². The SMILES string of the molecule is CC(N)CCNCCCCNC(=O)OCC(=O)NCCCCCCN=C(N)N.COC1CC2CCC(C)C(O)(O2)C(=O)C(=O)N2CCCCC2C(=O)OC(C(C)CC2CCC(OCCO)C(OC)C2)CC(=O)C(C)/C=C(\C)C(O)C(OC)C(=O)C(C)CC(C)/C=C/C=CC=C1C.NCCCNCCCCNC(=O)C(O)NC(=O)CCCCCCN=C(N)N.NCCCNCCCCNC(=O)OCC(=O)NCCCCCCN=C(N)N. The molecule has 0 spiro atoms. The number of aliphatic imine (C=N–C) groups is 3. The number of cyclic esters (lactones) is 1. The number of ether oxygens (including phenoxy) is 8. The predicted molar refractivity (Wildman–Crippen MR) is 582 cm³/mol. The standard InChI is InChI=1S/C53H83NO14.C18H39N7O3.2C17H37N7O3/c1-32-16-12-11-13-17-33(2)44(63-8)30-40-21-19-38(7)53(62,68-40)50(59)51(60)54-23-15-14-18-41(54)52(61)67-45(35(4)28-39-20-22-43(66-25-24-55)46(29-39)64-9)31-42(56)34(3)27-37(6)48(58)49(65-10)47(57)36(5)26-32;1-15(19)8-13-22-9-6-7-12-25-18(27)28-14-16(26)23-10-4-2-3-5-11-24-17(20)21;18-8-7-10-21-9-5-6-13-24-17(26)27-14-15(25)22-11-3-1-2-4-12-23-16(19)20;18-9-7-11-21-10-5-6-12-22-15(26)16(27)24-14(25)8-3-1-2-4-13-23-17(19)20/h11-13,16-17,27,32,34-36,38-41,43-46,48-49,55,58,62H,14-15,18-26,28-31H2,1-10H3;15,22H,2-14,19H2,1H3,(H,23,26)(H,25,27)(H4,20,21,24);21H,1-14,18H2,(H,22,25)(H,24,26)(H4,19,20,23);16,21,27H,1-13,18H2,(H,22,26)(H,24,25)(H4,19,20,23)/b13-11?,16-12+,33-17?,37-27+;;;. The summed E-state index contributed by atoms with van der Waals surface area (Å²) < 4.78 is 45.3. The Kier molecular flexibility index (Phi) is 79.4. The van der Waals surface area contributed by atoms with E-state index in [9.17, 15) is 73.2 Å². The van der Waals surface area contributed by atoms with Gasteiger partial charge in [-0.05, 0) is 263 Å². The van der Waals surface area contributed by atoms with E-state index < -0.39 is 102 Å². The van der Waals surface area contributed by atoms with Crippen molar-refractivity contribution in [3.63, 3.8) is 0 Å². The van der Waals surface area contributed by atoms with Crippen LogP contribution in [0.25, 0.3) is 0 Å². The number of hydrogen-bond donors (Lipinski definition) is 22. The summed E-state index contributed by atoms with van der Waals surface area (Å²) in [7, 11) is 4.58. The van der Waals surface area contributed by atoms with Crippen molar-refractivity contribution < 1.29 is 111 Å². The van der Waals surface area contributed by atoms with Crippen molar-refractivity contribution in [2.75, 3.05) is 159 Å². The number of rotatable bonds is 60. The Bertz CT molecular complexity index is 3970. The number of amides is 7. The highest BCUT2D eigenvalue weighted by Crippen LogP contribution is 2.39. The van der Waals surface area contributed by atoms with E-state index in [1.165, 1.54) is 12.0 Å². The van der Waals surface area contributed by atoms with Crippen molar-refractivity contribution in [3.8, 4) is 0 Å². The number of nitrogens with one attached hydrogen (secondary N) is 9. The van der Waals surface area contributed by atoms with Gasteiger partial charge in [0.1, 0.15) is 30.1 Å². The molecule has 45 heteroatoms. The highest BCUT2D eigenvalue weighted by atomic mass is 16.6. The Morgan fingerprint density at radius 3 is 1.60 bits per heavy atom. The second kappa shape index (κ2) is 85.9. The third kappa shape index (κ3) is 65.8. The van der Waals surface area contributed by atoms with Gasteiger partial charge in [0.15, 0.2) is 36.9 Å². The summed E-state index contributed by atoms with van der Waals surface area (Å²) in [4.78, 5) is 153. The number of guanidine groups is 3. The van der Waals surface area contributed by atoms with Crippen molar-refractivity contribution >= 4 is 82.9 Å². The maximum Gasteiger partial charge on any atom is 0.407 e. The summed E-state index contributed by atoms with van der Waals surface area (Å²) >= 11 is 0. The zero-order valence-electron chi connectivity index (χ0n) is 92.1. The minimum absolute atomic E-state index is 0.0158. The lowest BCUT2D eigenvalue weighted by atomic mass is 9.78. The number of ketones is 3. The molecule has 7 amide bonds. The lowest BCUT2D eigenvalue weighted by molar-refractivity contribution is -0.265. The first-order chi connectivity index (χ1) is 71.7. The van der Waals surface area contributed by atoms with Crippen molar-refractivity contribution in [2.24, 2.45) is 102 Å². The first-order valence-electron chi connectivity index (χ1n) is 54.5. The second-order valence-electron chi connectivity index (χ2n) is 39.5. The smallest absolute Gasteiger partial charge is 0.407 e. The quantitative estimate of drug-likeness (QED) is 0.00601. The van der Waals surface area contributed by atoms with Crippen LogP contribution in [-0.4, -0.2) is 334 Å². The largest absolute Gasteiger partial charge is 0.460 e. The number of aliphatic hydroxyl groups is 4. The summed E-state index contributed by atoms with van der Waals surface area (Å²) in [5.74, 6) is -9.17. The van der Waals surface area contributed by atoms with Crippen molar-refractivity contribution in [1.29, 1.82) is 0 Å². The molecule has 2 saturated heterocycles. The number of hydrogen-bond acceptors (Lipinski definition) is 32. The van der Waals surface area contributed by atoms with E-state index in [0.29, 0.717) is 135 Å². The highest BCUT2D eigenvalue weighted by Gasteiger charge is 2.53. The van der Waals surface area contributed by atoms with E-state index in [0.717, 1.165) is 180 Å². The zero-order valence-corrected chi connectivity index (χ0v) is 92.1. The molecule has 4 aliphatic rings. The predicted octanol–water partition coefficient (Wildman–Crippen LogP) is 3.83. The van der Waals surface area contributed by atoms with Gasteiger partial charge in [-0.3, -0.25) is 53.3 Å². The van der Waals surface area contributed by atoms with Gasteiger partial charge in [-0.2, -0.15) is 0 Å². The van der Waals surface area contributed by atoms with Gasteiger partial charge in [0.2, 0.25) is 17.9 Å². The summed E-state index contributed by atoms with van der Waals surface area (Å²) in [5.41, 5.74) is 49.1. The lowest BCUT2D eigenvalue weighted by Gasteiger charge is -2.42. The van der Waals surface area contributed by atoms with Gasteiger partial charge in [0.25, 0.3) is 29.4 Å². The maximum atomic E-state index is 14.5. The average molecular weight is 2130 g/mol. The van der Waals surface area contributed by atoms with E-state index in [-0.39, 0.29) is 135 Å². The van der Waals surface area contributed by atoms with Crippen LogP contribution in [0.1, 0.15) is 274 Å². The zero-order chi connectivity index (χ0) is 112. The van der Waals surface area contributed by atoms with Gasteiger partial charge < -0.3 is 163 Å². The Hall–Kier alpha value is -9.46. The number of Topliss-reactive ketones (excluding diaryl/α,β-unsaturated/α-hetero) is 3. The number of unbranched alkanes of at least 4 members (excludes halogenated alkanes) is 12. The molecule has 4 rings (SSSR count). The van der Waals surface area contributed by atoms with Crippen LogP contribution in [0.4, 0.5) is 9.59 Å². The molecule has 17 atom stereocenters. The van der Waals surface area contributed by atoms with E-state index >= 15 is 0 Å². The number of esters is 1. The number of nitrogens with zero attached hydrogens (tertiary/aromatic N) is 4. The molecule has 0 aromatic carbocycles. The van der Waals surface area contributed by atoms with Crippen LogP contribution in [0.3, 0.4) is 0 Å². The Labute approximate surface area is 891 Å². The fourth-order valence-electron chi connectivity index (χ4n) is 17.2. The number of carbonyl (C=O) groups excluding carboxylic acids is 11. The Morgan fingerprint density at radius 1 is 0.567 bits per heavy atom. The van der Waals surface area contributed by atoms with Gasteiger partial charge in [-0.15, -0.1) is 0 Å². The normalized spacial score (nSPS) is 23.3. The number of carbonyl (C=O) groups is 11. The van der Waals surface area contributed by atoms with Crippen LogP contribution in [-0.2, 0) is 81.0 Å². The van der Waals surface area contributed by atoms with Gasteiger partial charge >= 0.3 is 18.2 Å². The van der Waals surface area contributed by atoms with Gasteiger partial charge in [-0.25, -0.2) is 14.4 Å². The molecule has 1 saturated carbocycles. The molecule has 2 bridgehead atoms. The second-order valence-corrected chi connectivity index (χ2v) is 39.5. The van der Waals surface area contributed by atoms with Gasteiger partial charge in [-0.1, -0.05) is 110 Å². The van der Waals surface area contributed by atoms with E-state index in [1.807, 2.05) is 65.0 Å². The molecule has 0 radical (unpaired) electrons. The van der Waals surface area contributed by atoms with E-state index in [2.05, 4.69) is 62.8 Å². The van der Waals surface area contributed by atoms with Crippen molar-refractivity contribution in [1.82, 2.24) is 52.8 Å². The van der Waals surface area contributed by atoms with Crippen LogP contribution >= 0.6 is 0 Å². The molecule has 17 unspecified atom stereocenters. The third-order valence-corrected chi connectivity index (χ3v) is 26.2. The molecular weight excluding hydrogens is 1940 g/mol. The van der Waals surface area contributed by atoms with Crippen molar-refractivity contribution in [3.05, 3.63) is 47.6 Å². The van der Waals surface area contributed by atoms with Crippen molar-refractivity contribution in [2.45, 2.75) is 341 Å². The fraction of sp³-hybridized carbons (Fsp3) is 0.790. The van der Waals surface area contributed by atoms with E-state index in [4.69, 9.17) is 89.5 Å². The molecule has 31 N–H and O–H groups in total. The first-order valence-corrected chi connectivity index (χ1v) is 54.5. The monoisotopic (exact) mass is 2130 g/mol. The molecule has 864 valence electrons. The highest BCUT2D eigenvalue weighted by molar-refractivity contribution is 6.39. The van der Waals surface area contributed by atoms with Crippen LogP contribution in [0.5, 0.6) is 0 Å². The molecule has 0 aromatic rings. The topological polar surface area (TPSA) is 725 Å². The lowest BCUT2D eigenvalue weighted by Crippen LogP contribution is -2.61. The van der Waals surface area contributed by atoms with Gasteiger partial charge in [0, 0.05) is 123 Å². The summed E-state index contributed by atoms with van der Waals surface area (Å²) in [6.07, 6.45) is 28.6. The molecule has 3 fully saturated rings. The number of piperidine rings is 1. The molecule has 1 aliphatic carbocycles. The minimum Gasteiger partial charge on any atom is -0.460 e. The van der Waals surface area contributed by atoms with Crippen LogP contribution < -0.4 is 99.5 Å². The number of alkyl carbamates (subject to hydrolysis) is 2. The van der Waals surface area contributed by atoms with Crippen LogP contribution in [0.2, 0.25) is 0 Å². The molecule has 3 heterocycles. The average Bonchev–Trinajstić information content (AvgIpc) is 0.770. The summed E-state index contributed by atoms with van der Waals surface area (Å²) in [5, 5.41) is 67.9. The number of nitrogens with two attached hydrogens (primary N) is 9. The number of allylic oxidation sites excluding steroid dienone is 6. The molecular formula is C105H196N22O23. The van der Waals surface area contributed by atoms with E-state index in [1.54, 1.807) is 41.1 Å².